The first-order valence-corrected chi connectivity index (χ1v) is 13.9. The number of hydrogen-bond acceptors (Lipinski definition) is 5. The van der Waals surface area contributed by atoms with Crippen LogP contribution in [0.1, 0.15) is 24.8 Å². The predicted octanol–water partition coefficient (Wildman–Crippen LogP) is 7.44. The summed E-state index contributed by atoms with van der Waals surface area (Å²) in [4.78, 5) is 20.8. The van der Waals surface area contributed by atoms with Gasteiger partial charge in [0.15, 0.2) is 0 Å². The third-order valence-electron chi connectivity index (χ3n) is 6.73. The quantitative estimate of drug-likeness (QED) is 0.228. The van der Waals surface area contributed by atoms with Crippen molar-refractivity contribution < 1.29 is 4.79 Å². The Morgan fingerprint density at radius 2 is 1.82 bits per heavy atom. The number of aromatic nitrogens is 3. The van der Waals surface area contributed by atoms with Crippen molar-refractivity contribution in [1.82, 2.24) is 14.8 Å². The molecule has 1 N–H and O–H groups in total. The minimum Gasteiger partial charge on any atom is -0.371 e. The lowest BCUT2D eigenvalue weighted by Crippen LogP contribution is -2.29. The highest BCUT2D eigenvalue weighted by molar-refractivity contribution is 7.19. The van der Waals surface area contributed by atoms with Crippen molar-refractivity contribution in [2.75, 3.05) is 23.3 Å². The highest BCUT2D eigenvalue weighted by Crippen LogP contribution is 2.35. The molecule has 1 aliphatic rings. The fraction of sp³-hybridized carbons (Fsp3) is 0.167. The van der Waals surface area contributed by atoms with E-state index in [9.17, 15) is 4.79 Å². The van der Waals surface area contributed by atoms with Crippen LogP contribution in [0.4, 0.5) is 11.4 Å². The fourth-order valence-electron chi connectivity index (χ4n) is 4.89. The smallest absolute Gasteiger partial charge is 0.248 e. The molecule has 6 rings (SSSR count). The topological polar surface area (TPSA) is 63.1 Å². The Kier molecular flexibility index (Phi) is 6.94. The third-order valence-corrected chi connectivity index (χ3v) is 7.97. The summed E-state index contributed by atoms with van der Waals surface area (Å²) in [5.74, 6) is -0.219. The molecule has 0 unspecified atom stereocenters. The number of rotatable bonds is 6. The summed E-state index contributed by atoms with van der Waals surface area (Å²) in [6.45, 7) is 2.11. The summed E-state index contributed by atoms with van der Waals surface area (Å²) >= 11 is 7.67. The van der Waals surface area contributed by atoms with E-state index in [1.165, 1.54) is 36.3 Å². The Morgan fingerprint density at radius 3 is 2.61 bits per heavy atom. The number of carbonyl (C=O) groups excluding carboxylic acids is 1. The molecule has 38 heavy (non-hydrogen) atoms. The van der Waals surface area contributed by atoms with E-state index in [4.69, 9.17) is 16.7 Å². The van der Waals surface area contributed by atoms with Gasteiger partial charge in [0.1, 0.15) is 5.69 Å². The summed E-state index contributed by atoms with van der Waals surface area (Å²) < 4.78 is 2.51. The maximum Gasteiger partial charge on any atom is 0.248 e. The molecule has 1 amide bonds. The molecule has 2 aromatic carbocycles. The molecule has 6 nitrogen and oxygen atoms in total. The van der Waals surface area contributed by atoms with E-state index >= 15 is 0 Å². The molecule has 3 aromatic heterocycles. The number of fused-ring (bicyclic) bond motifs is 1. The lowest BCUT2D eigenvalue weighted by Gasteiger charge is -2.30. The van der Waals surface area contributed by atoms with Gasteiger partial charge >= 0.3 is 0 Å². The molecule has 0 bridgehead atoms. The van der Waals surface area contributed by atoms with Gasteiger partial charge in [0.05, 0.1) is 20.6 Å². The van der Waals surface area contributed by atoms with Crippen LogP contribution in [-0.2, 0) is 4.79 Å². The van der Waals surface area contributed by atoms with Crippen molar-refractivity contribution in [1.29, 1.82) is 0 Å². The van der Waals surface area contributed by atoms with Crippen LogP contribution in [0, 0.1) is 0 Å². The summed E-state index contributed by atoms with van der Waals surface area (Å²) in [5.41, 5.74) is 4.48. The molecule has 0 atom stereocenters. The molecular formula is C30H26ClN5OS. The maximum atomic E-state index is 13.1. The van der Waals surface area contributed by atoms with E-state index in [2.05, 4.69) is 21.3 Å². The molecule has 0 spiro atoms. The number of para-hydroxylation sites is 1. The number of anilines is 2. The molecule has 1 fully saturated rings. The molecule has 0 saturated carbocycles. The van der Waals surface area contributed by atoms with Gasteiger partial charge in [-0.2, -0.15) is 5.10 Å². The Labute approximate surface area is 230 Å². The number of nitrogens with one attached hydrogen (secondary N) is 1. The second-order valence-corrected chi connectivity index (χ2v) is 11.0. The number of pyridine rings is 1. The van der Waals surface area contributed by atoms with Crippen molar-refractivity contribution in [3.8, 4) is 16.3 Å². The van der Waals surface area contributed by atoms with Crippen LogP contribution in [0.3, 0.4) is 0 Å². The Morgan fingerprint density at radius 1 is 0.974 bits per heavy atom. The van der Waals surface area contributed by atoms with Gasteiger partial charge in [-0.15, -0.1) is 11.3 Å². The molecular weight excluding hydrogens is 514 g/mol. The van der Waals surface area contributed by atoms with Crippen molar-refractivity contribution >= 4 is 57.1 Å². The molecule has 5 aromatic rings. The van der Waals surface area contributed by atoms with Gasteiger partial charge in [-0.25, -0.2) is 4.68 Å². The lowest BCUT2D eigenvalue weighted by molar-refractivity contribution is -0.111. The summed E-state index contributed by atoms with van der Waals surface area (Å²) in [6, 6.07) is 19.8. The van der Waals surface area contributed by atoms with Gasteiger partial charge in [-0.05, 0) is 67.8 Å². The minimum absolute atomic E-state index is 0.219. The standard InChI is InChI=1S/C30H26ClN5OS/c31-28-13-12-27(38-28)30-21(20-36(34-30)22-7-3-1-4-8-22)9-14-29(37)33-25-10-11-26(35-17-5-2-6-18-35)23-15-16-32-19-24(23)25/h1,3-4,7-16,19-20H,2,5-6,17-18H2,(H,33,37)/b14-9+. The third kappa shape index (κ3) is 5.08. The predicted molar refractivity (Wildman–Crippen MR) is 157 cm³/mol. The van der Waals surface area contributed by atoms with E-state index in [1.807, 2.05) is 77.9 Å². The van der Waals surface area contributed by atoms with E-state index < -0.39 is 0 Å². The Balaban J connectivity index is 1.28. The summed E-state index contributed by atoms with van der Waals surface area (Å²) in [6.07, 6.45) is 12.6. The minimum atomic E-state index is -0.219. The van der Waals surface area contributed by atoms with Crippen LogP contribution in [-0.4, -0.2) is 33.8 Å². The molecule has 8 heteroatoms. The van der Waals surface area contributed by atoms with Crippen molar-refractivity contribution in [3.63, 3.8) is 0 Å². The molecule has 190 valence electrons. The highest BCUT2D eigenvalue weighted by atomic mass is 35.5. The average molecular weight is 540 g/mol. The number of amides is 1. The second kappa shape index (κ2) is 10.8. The number of benzene rings is 2. The first-order chi connectivity index (χ1) is 18.7. The van der Waals surface area contributed by atoms with E-state index in [0.717, 1.165) is 51.4 Å². The van der Waals surface area contributed by atoms with Gasteiger partial charge in [-0.3, -0.25) is 9.78 Å². The number of halogens is 1. The average Bonchev–Trinajstić information content (AvgIpc) is 3.59. The maximum absolute atomic E-state index is 13.1. The normalized spacial score (nSPS) is 13.9. The van der Waals surface area contributed by atoms with Gasteiger partial charge in [-0.1, -0.05) is 29.8 Å². The number of thiophene rings is 1. The van der Waals surface area contributed by atoms with Gasteiger partial charge < -0.3 is 10.2 Å². The molecule has 1 saturated heterocycles. The Bertz CT molecular complexity index is 1620. The number of carbonyl (C=O) groups is 1. The van der Waals surface area contributed by atoms with E-state index in [0.29, 0.717) is 4.34 Å². The molecule has 0 aliphatic carbocycles. The number of nitrogens with zero attached hydrogens (tertiary/aromatic N) is 4. The molecule has 4 heterocycles. The zero-order valence-corrected chi connectivity index (χ0v) is 22.3. The first kappa shape index (κ1) is 24.4. The van der Waals surface area contributed by atoms with Crippen LogP contribution >= 0.6 is 22.9 Å². The summed E-state index contributed by atoms with van der Waals surface area (Å²) in [5, 5.41) is 9.89. The zero-order chi connectivity index (χ0) is 25.9. The van der Waals surface area contributed by atoms with Crippen molar-refractivity contribution in [2.24, 2.45) is 0 Å². The number of piperidine rings is 1. The molecule has 1 aliphatic heterocycles. The van der Waals surface area contributed by atoms with Gasteiger partial charge in [0, 0.05) is 59.8 Å². The van der Waals surface area contributed by atoms with Crippen LogP contribution in [0.5, 0.6) is 0 Å². The first-order valence-electron chi connectivity index (χ1n) is 12.7. The zero-order valence-electron chi connectivity index (χ0n) is 20.7. The monoisotopic (exact) mass is 539 g/mol. The fourth-order valence-corrected chi connectivity index (χ4v) is 5.94. The molecule has 0 radical (unpaired) electrons. The van der Waals surface area contributed by atoms with Crippen molar-refractivity contribution in [3.05, 3.63) is 95.2 Å². The van der Waals surface area contributed by atoms with Crippen LogP contribution < -0.4 is 10.2 Å². The summed E-state index contributed by atoms with van der Waals surface area (Å²) in [7, 11) is 0. The van der Waals surface area contributed by atoms with E-state index in [1.54, 1.807) is 12.2 Å². The highest BCUT2D eigenvalue weighted by Gasteiger charge is 2.16. The van der Waals surface area contributed by atoms with Gasteiger partial charge in [0.2, 0.25) is 5.91 Å². The van der Waals surface area contributed by atoms with E-state index in [-0.39, 0.29) is 5.91 Å². The van der Waals surface area contributed by atoms with Crippen LogP contribution in [0.2, 0.25) is 4.34 Å². The van der Waals surface area contributed by atoms with Crippen LogP contribution in [0.25, 0.3) is 33.1 Å². The largest absolute Gasteiger partial charge is 0.371 e. The van der Waals surface area contributed by atoms with Gasteiger partial charge in [0.25, 0.3) is 0 Å². The Hall–Kier alpha value is -3.94. The van der Waals surface area contributed by atoms with Crippen LogP contribution in [0.15, 0.2) is 85.3 Å². The second-order valence-electron chi connectivity index (χ2n) is 9.24. The van der Waals surface area contributed by atoms with Crippen molar-refractivity contribution in [2.45, 2.75) is 19.3 Å². The lowest BCUT2D eigenvalue weighted by atomic mass is 10.1. The number of hydrogen-bond donors (Lipinski definition) is 1. The SMILES string of the molecule is O=C(/C=C/c1cn(-c2ccccc2)nc1-c1ccc(Cl)s1)Nc1ccc(N2CCCCC2)c2ccncc12.